The Morgan fingerprint density at radius 1 is 1.53 bits per heavy atom. The lowest BCUT2D eigenvalue weighted by atomic mass is 10.2. The Labute approximate surface area is 94.2 Å². The molecule has 15 heavy (non-hydrogen) atoms. The third-order valence-corrected chi connectivity index (χ3v) is 3.49. The number of aliphatic carboxylic acids is 1. The van der Waals surface area contributed by atoms with Crippen molar-refractivity contribution in [2.75, 3.05) is 0 Å². The Morgan fingerprint density at radius 3 is 2.67 bits per heavy atom. The molecule has 3 nitrogen and oxygen atoms in total. The summed E-state index contributed by atoms with van der Waals surface area (Å²) in [4.78, 5) is 16.1. The largest absolute Gasteiger partial charge is 0.481 e. The predicted octanol–water partition coefficient (Wildman–Crippen LogP) is 2.85. The van der Waals surface area contributed by atoms with Gasteiger partial charge in [-0.25, -0.2) is 4.98 Å². The van der Waals surface area contributed by atoms with Crippen LogP contribution in [0.3, 0.4) is 0 Å². The second-order valence-electron chi connectivity index (χ2n) is 3.90. The van der Waals surface area contributed by atoms with E-state index in [-0.39, 0.29) is 6.42 Å². The lowest BCUT2D eigenvalue weighted by Gasteiger charge is -1.96. The summed E-state index contributed by atoms with van der Waals surface area (Å²) in [5.74, 6) is -0.389. The van der Waals surface area contributed by atoms with Gasteiger partial charge in [-0.05, 0) is 6.42 Å². The molecule has 1 rings (SSSR count). The van der Waals surface area contributed by atoms with Crippen LogP contribution in [0.25, 0.3) is 0 Å². The van der Waals surface area contributed by atoms with E-state index in [0.29, 0.717) is 5.92 Å². The van der Waals surface area contributed by atoms with Gasteiger partial charge in [0.05, 0.1) is 17.1 Å². The number of carboxylic acid groups (broad SMARTS) is 1. The smallest absolute Gasteiger partial charge is 0.308 e. The third kappa shape index (κ3) is 3.30. The number of rotatable bonds is 5. The number of carboxylic acids is 1. The highest BCUT2D eigenvalue weighted by atomic mass is 32.1. The molecule has 1 aromatic rings. The van der Waals surface area contributed by atoms with Gasteiger partial charge < -0.3 is 5.11 Å². The highest BCUT2D eigenvalue weighted by molar-refractivity contribution is 7.11. The van der Waals surface area contributed by atoms with Gasteiger partial charge in [-0.3, -0.25) is 4.79 Å². The zero-order valence-electron chi connectivity index (χ0n) is 9.41. The Hall–Kier alpha value is -0.900. The second kappa shape index (κ2) is 5.26. The van der Waals surface area contributed by atoms with Crippen molar-refractivity contribution < 1.29 is 9.90 Å². The third-order valence-electron chi connectivity index (χ3n) is 2.09. The van der Waals surface area contributed by atoms with Crippen molar-refractivity contribution in [2.45, 2.75) is 46.0 Å². The zero-order chi connectivity index (χ0) is 11.4. The van der Waals surface area contributed by atoms with E-state index in [9.17, 15) is 4.79 Å². The van der Waals surface area contributed by atoms with E-state index < -0.39 is 5.97 Å². The van der Waals surface area contributed by atoms with E-state index in [1.165, 1.54) is 0 Å². The fourth-order valence-corrected chi connectivity index (χ4v) is 2.46. The van der Waals surface area contributed by atoms with Gasteiger partial charge in [0.25, 0.3) is 0 Å². The van der Waals surface area contributed by atoms with Crippen molar-refractivity contribution in [1.29, 1.82) is 0 Å². The Morgan fingerprint density at radius 2 is 2.20 bits per heavy atom. The summed E-state index contributed by atoms with van der Waals surface area (Å²) in [5, 5.41) is 9.84. The minimum absolute atomic E-state index is 0.111. The first kappa shape index (κ1) is 12.2. The van der Waals surface area contributed by atoms with E-state index in [2.05, 4.69) is 25.8 Å². The molecule has 0 amide bonds. The van der Waals surface area contributed by atoms with Crippen LogP contribution < -0.4 is 0 Å². The number of thiazole rings is 1. The molecule has 0 aliphatic heterocycles. The standard InChI is InChI=1S/C11H17NO2S/c1-4-5-8-9(6-10(13)14)15-11(12-8)7(2)3/h7H,4-6H2,1-3H3,(H,13,14). The number of aromatic nitrogens is 1. The van der Waals surface area contributed by atoms with E-state index in [4.69, 9.17) is 5.11 Å². The van der Waals surface area contributed by atoms with Gasteiger partial charge >= 0.3 is 5.97 Å². The van der Waals surface area contributed by atoms with Crippen LogP contribution in [0.4, 0.5) is 0 Å². The molecule has 0 atom stereocenters. The fourth-order valence-electron chi connectivity index (χ4n) is 1.36. The molecule has 0 bridgehead atoms. The maximum absolute atomic E-state index is 10.7. The molecule has 0 aliphatic rings. The molecule has 0 unspecified atom stereocenters. The molecule has 0 aliphatic carbocycles. The summed E-state index contributed by atoms with van der Waals surface area (Å²) >= 11 is 1.54. The van der Waals surface area contributed by atoms with Gasteiger partial charge in [0.2, 0.25) is 0 Å². The maximum Gasteiger partial charge on any atom is 0.308 e. The van der Waals surface area contributed by atoms with Gasteiger partial charge in [-0.1, -0.05) is 27.2 Å². The average Bonchev–Trinajstić information content (AvgIpc) is 2.48. The molecule has 0 saturated heterocycles. The summed E-state index contributed by atoms with van der Waals surface area (Å²) < 4.78 is 0. The Bertz CT molecular complexity index is 344. The first-order chi connectivity index (χ1) is 7.04. The molecule has 84 valence electrons. The van der Waals surface area contributed by atoms with Crippen LogP contribution in [-0.2, 0) is 17.6 Å². The molecule has 0 fully saturated rings. The van der Waals surface area contributed by atoms with Gasteiger partial charge in [-0.2, -0.15) is 0 Å². The van der Waals surface area contributed by atoms with E-state index >= 15 is 0 Å². The topological polar surface area (TPSA) is 50.2 Å². The summed E-state index contributed by atoms with van der Waals surface area (Å²) in [6, 6.07) is 0. The van der Waals surface area contributed by atoms with Crippen molar-refractivity contribution >= 4 is 17.3 Å². The summed E-state index contributed by atoms with van der Waals surface area (Å²) in [7, 11) is 0. The van der Waals surface area contributed by atoms with Crippen LogP contribution in [0.2, 0.25) is 0 Å². The van der Waals surface area contributed by atoms with E-state index in [0.717, 1.165) is 28.4 Å². The highest BCUT2D eigenvalue weighted by Crippen LogP contribution is 2.26. The monoisotopic (exact) mass is 227 g/mol. The van der Waals surface area contributed by atoms with Crippen molar-refractivity contribution in [1.82, 2.24) is 4.98 Å². The summed E-state index contributed by atoms with van der Waals surface area (Å²) in [6.45, 7) is 6.25. The van der Waals surface area contributed by atoms with Gasteiger partial charge in [-0.15, -0.1) is 11.3 Å². The lowest BCUT2D eigenvalue weighted by molar-refractivity contribution is -0.136. The fraction of sp³-hybridized carbons (Fsp3) is 0.636. The molecule has 4 heteroatoms. The highest BCUT2D eigenvalue weighted by Gasteiger charge is 2.14. The maximum atomic E-state index is 10.7. The molecular formula is C11H17NO2S. The molecule has 1 N–H and O–H groups in total. The normalized spacial score (nSPS) is 10.9. The van der Waals surface area contributed by atoms with Crippen LogP contribution in [0, 0.1) is 0 Å². The molecular weight excluding hydrogens is 210 g/mol. The predicted molar refractivity (Wildman–Crippen MR) is 61.5 cm³/mol. The molecule has 1 aromatic heterocycles. The zero-order valence-corrected chi connectivity index (χ0v) is 10.2. The number of hydrogen-bond donors (Lipinski definition) is 1. The lowest BCUT2D eigenvalue weighted by Crippen LogP contribution is -2.01. The molecule has 0 spiro atoms. The van der Waals surface area contributed by atoms with Gasteiger partial charge in [0, 0.05) is 10.8 Å². The van der Waals surface area contributed by atoms with Crippen molar-refractivity contribution in [2.24, 2.45) is 0 Å². The first-order valence-electron chi connectivity index (χ1n) is 5.24. The number of hydrogen-bond acceptors (Lipinski definition) is 3. The SMILES string of the molecule is CCCc1nc(C(C)C)sc1CC(=O)O. The van der Waals surface area contributed by atoms with Gasteiger partial charge in [0.1, 0.15) is 0 Å². The van der Waals surface area contributed by atoms with Crippen LogP contribution in [-0.4, -0.2) is 16.1 Å². The average molecular weight is 227 g/mol. The minimum Gasteiger partial charge on any atom is -0.481 e. The molecule has 0 saturated carbocycles. The van der Waals surface area contributed by atoms with Crippen LogP contribution in [0.1, 0.15) is 48.7 Å². The second-order valence-corrected chi connectivity index (χ2v) is 5.01. The van der Waals surface area contributed by atoms with E-state index in [1.807, 2.05) is 0 Å². The molecule has 0 radical (unpaired) electrons. The Kier molecular flexibility index (Phi) is 4.27. The quantitative estimate of drug-likeness (QED) is 0.841. The van der Waals surface area contributed by atoms with Crippen LogP contribution in [0.15, 0.2) is 0 Å². The summed E-state index contributed by atoms with van der Waals surface area (Å²) in [6.07, 6.45) is 2.00. The van der Waals surface area contributed by atoms with Crippen molar-refractivity contribution in [3.05, 3.63) is 15.6 Å². The Balaban J connectivity index is 2.94. The molecule has 1 heterocycles. The van der Waals surface area contributed by atoms with Gasteiger partial charge in [0.15, 0.2) is 0 Å². The number of aryl methyl sites for hydroxylation is 1. The van der Waals surface area contributed by atoms with Crippen LogP contribution >= 0.6 is 11.3 Å². The van der Waals surface area contributed by atoms with E-state index in [1.54, 1.807) is 11.3 Å². The van der Waals surface area contributed by atoms with Crippen molar-refractivity contribution in [3.63, 3.8) is 0 Å². The first-order valence-corrected chi connectivity index (χ1v) is 6.06. The summed E-state index contributed by atoms with van der Waals surface area (Å²) in [5.41, 5.74) is 0.980. The number of carbonyl (C=O) groups is 1. The van der Waals surface area contributed by atoms with Crippen LogP contribution in [0.5, 0.6) is 0 Å². The van der Waals surface area contributed by atoms with Crippen molar-refractivity contribution in [3.8, 4) is 0 Å². The minimum atomic E-state index is -0.772. The molecule has 0 aromatic carbocycles. The number of nitrogens with zero attached hydrogens (tertiary/aromatic N) is 1.